The van der Waals surface area contributed by atoms with Gasteiger partial charge < -0.3 is 28.6 Å². The molecular weight excluding hydrogens is 787 g/mol. The first-order valence-corrected chi connectivity index (χ1v) is 23.0. The molecule has 0 unspecified atom stereocenters. The van der Waals surface area contributed by atoms with E-state index >= 15 is 0 Å². The smallest absolute Gasteiger partial charge is 0.178 e. The van der Waals surface area contributed by atoms with Crippen LogP contribution in [0, 0.1) is 10.8 Å². The van der Waals surface area contributed by atoms with Gasteiger partial charge in [0.1, 0.15) is 17.2 Å². The molecule has 2 heterocycles. The third-order valence-electron chi connectivity index (χ3n) is 13.8. The minimum Gasteiger partial charge on any atom is -0.497 e. The molecule has 6 nitrogen and oxygen atoms in total. The highest BCUT2D eigenvalue weighted by molar-refractivity contribution is 7.99. The van der Waals surface area contributed by atoms with E-state index in [1.54, 1.807) is 33.1 Å². The molecule has 10 rings (SSSR count). The largest absolute Gasteiger partial charge is 0.497 e. The van der Waals surface area contributed by atoms with Crippen molar-refractivity contribution in [1.82, 2.24) is 0 Å². The van der Waals surface area contributed by atoms with Crippen molar-refractivity contribution in [3.05, 3.63) is 143 Å². The highest BCUT2D eigenvalue weighted by atomic mass is 32.2. The van der Waals surface area contributed by atoms with E-state index in [2.05, 4.69) is 130 Å². The minimum atomic E-state index is -0.945. The molecular formula is C55H57NO5S. The van der Waals surface area contributed by atoms with Crippen LogP contribution in [-0.2, 0) is 20.5 Å². The lowest BCUT2D eigenvalue weighted by atomic mass is 9.52. The van der Waals surface area contributed by atoms with Crippen molar-refractivity contribution in [2.45, 2.75) is 62.9 Å². The molecule has 6 aromatic carbocycles. The Hall–Kier alpha value is -5.21. The Balaban J connectivity index is 1.28. The standard InChI is InChI=1S/C55H57NO5S/c1-52(2)32-53(3,4)34-54(33-52)47-11-9-8-10-42(47)49-45-31-48(62-35-57-5)44(36-12-18-39(19-13-36)56-26-28-60-29-27-56)30-46(45)51-43(50(49)54)24-25-55(61-51,37-14-20-40(58-6)21-15-37)38-16-22-41(59-7)23-17-38/h8-25,30-31H,26-29,32-35H2,1-7H3. The summed E-state index contributed by atoms with van der Waals surface area (Å²) < 4.78 is 30.7. The first kappa shape index (κ1) is 40.8. The number of hydrogen-bond donors (Lipinski definition) is 0. The Kier molecular flexibility index (Phi) is 10.2. The van der Waals surface area contributed by atoms with E-state index in [4.69, 9.17) is 23.7 Å². The molecule has 0 N–H and O–H groups in total. The van der Waals surface area contributed by atoms with Crippen LogP contribution in [0.15, 0.2) is 120 Å². The zero-order valence-electron chi connectivity index (χ0n) is 37.1. The summed E-state index contributed by atoms with van der Waals surface area (Å²) in [7, 11) is 5.20. The average Bonchev–Trinajstić information content (AvgIpc) is 3.55. The predicted molar refractivity (Wildman–Crippen MR) is 254 cm³/mol. The third-order valence-corrected chi connectivity index (χ3v) is 14.8. The highest BCUT2D eigenvalue weighted by Crippen LogP contribution is 2.67. The molecule has 2 aliphatic carbocycles. The summed E-state index contributed by atoms with van der Waals surface area (Å²) in [6.45, 7) is 13.2. The summed E-state index contributed by atoms with van der Waals surface area (Å²) in [5, 5.41) is 2.31. The van der Waals surface area contributed by atoms with E-state index in [1.807, 2.05) is 24.3 Å². The second kappa shape index (κ2) is 15.5. The average molecular weight is 844 g/mol. The Morgan fingerprint density at radius 2 is 1.31 bits per heavy atom. The monoisotopic (exact) mass is 843 g/mol. The van der Waals surface area contributed by atoms with E-state index in [-0.39, 0.29) is 16.2 Å². The molecule has 6 aromatic rings. The summed E-state index contributed by atoms with van der Waals surface area (Å²) in [5.74, 6) is 3.05. The lowest BCUT2D eigenvalue weighted by Crippen LogP contribution is -2.44. The van der Waals surface area contributed by atoms with Crippen LogP contribution in [0.4, 0.5) is 5.69 Å². The molecule has 1 saturated carbocycles. The van der Waals surface area contributed by atoms with Gasteiger partial charge in [0.05, 0.1) is 33.4 Å². The number of anilines is 1. The zero-order valence-corrected chi connectivity index (χ0v) is 37.9. The van der Waals surface area contributed by atoms with Crippen LogP contribution in [0.5, 0.6) is 17.2 Å². The van der Waals surface area contributed by atoms with E-state index in [0.717, 1.165) is 84.0 Å². The van der Waals surface area contributed by atoms with Crippen molar-refractivity contribution in [1.29, 1.82) is 0 Å². The fraction of sp³-hybridized carbons (Fsp3) is 0.345. The molecule has 62 heavy (non-hydrogen) atoms. The van der Waals surface area contributed by atoms with E-state index in [0.29, 0.717) is 5.94 Å². The number of ether oxygens (including phenoxy) is 5. The topological polar surface area (TPSA) is 49.4 Å². The predicted octanol–water partition coefficient (Wildman–Crippen LogP) is 12.9. The van der Waals surface area contributed by atoms with Gasteiger partial charge in [-0.1, -0.05) is 106 Å². The number of morpholine rings is 1. The van der Waals surface area contributed by atoms with Gasteiger partial charge in [-0.05, 0) is 123 Å². The molecule has 0 bridgehead atoms. The van der Waals surface area contributed by atoms with Crippen LogP contribution >= 0.6 is 11.8 Å². The maximum absolute atomic E-state index is 7.91. The lowest BCUT2D eigenvalue weighted by Gasteiger charge is -2.52. The Morgan fingerprint density at radius 3 is 1.92 bits per heavy atom. The molecule has 1 saturated heterocycles. The van der Waals surface area contributed by atoms with Gasteiger partial charge in [-0.15, -0.1) is 0 Å². The van der Waals surface area contributed by atoms with E-state index in [1.165, 1.54) is 50.2 Å². The zero-order chi connectivity index (χ0) is 42.9. The van der Waals surface area contributed by atoms with Gasteiger partial charge in [-0.3, -0.25) is 0 Å². The van der Waals surface area contributed by atoms with Crippen molar-refractivity contribution in [2.75, 3.05) is 58.5 Å². The van der Waals surface area contributed by atoms with Gasteiger partial charge in [-0.2, -0.15) is 0 Å². The Morgan fingerprint density at radius 1 is 0.677 bits per heavy atom. The molecule has 0 aromatic heterocycles. The number of benzene rings is 6. The fourth-order valence-electron chi connectivity index (χ4n) is 12.0. The Labute approximate surface area is 371 Å². The quantitative estimate of drug-likeness (QED) is 0.106. The summed E-state index contributed by atoms with van der Waals surface area (Å²) in [4.78, 5) is 3.60. The summed E-state index contributed by atoms with van der Waals surface area (Å²) >= 11 is 1.75. The van der Waals surface area contributed by atoms with Crippen LogP contribution in [-0.4, -0.2) is 53.6 Å². The molecule has 1 spiro atoms. The third kappa shape index (κ3) is 6.79. The van der Waals surface area contributed by atoms with Crippen LogP contribution in [0.1, 0.15) is 74.8 Å². The van der Waals surface area contributed by atoms with Crippen molar-refractivity contribution < 1.29 is 23.7 Å². The van der Waals surface area contributed by atoms with Gasteiger partial charge in [0.2, 0.25) is 0 Å². The highest BCUT2D eigenvalue weighted by Gasteiger charge is 2.55. The van der Waals surface area contributed by atoms with Crippen LogP contribution in [0.3, 0.4) is 0 Å². The maximum Gasteiger partial charge on any atom is 0.178 e. The van der Waals surface area contributed by atoms with Gasteiger partial charge in [0, 0.05) is 58.3 Å². The van der Waals surface area contributed by atoms with Crippen molar-refractivity contribution in [3.8, 4) is 39.5 Å². The molecule has 7 heteroatoms. The summed E-state index contributed by atoms with van der Waals surface area (Å²) in [6, 6.07) is 39.9. The first-order valence-electron chi connectivity index (χ1n) is 22.0. The minimum absolute atomic E-state index is 0.115. The van der Waals surface area contributed by atoms with Crippen LogP contribution < -0.4 is 19.1 Å². The number of hydrogen-bond acceptors (Lipinski definition) is 7. The van der Waals surface area contributed by atoms with Crippen molar-refractivity contribution in [3.63, 3.8) is 0 Å². The molecule has 2 aliphatic heterocycles. The van der Waals surface area contributed by atoms with Crippen LogP contribution in [0.25, 0.3) is 39.1 Å². The molecule has 4 aliphatic rings. The maximum atomic E-state index is 7.91. The van der Waals surface area contributed by atoms with Gasteiger partial charge >= 0.3 is 0 Å². The normalized spacial score (nSPS) is 18.8. The molecule has 318 valence electrons. The number of methoxy groups -OCH3 is 3. The van der Waals surface area contributed by atoms with Gasteiger partial charge in [0.15, 0.2) is 5.60 Å². The van der Waals surface area contributed by atoms with Gasteiger partial charge in [-0.25, -0.2) is 0 Å². The molecule has 0 atom stereocenters. The summed E-state index contributed by atoms with van der Waals surface area (Å²) in [6.07, 6.45) is 7.98. The van der Waals surface area contributed by atoms with Crippen LogP contribution in [0.2, 0.25) is 0 Å². The second-order valence-corrected chi connectivity index (χ2v) is 20.2. The number of rotatable bonds is 9. The SMILES string of the molecule is COCSc1cc2c3c(c4c(c2cc1-c1ccc(N2CCOCC2)cc1)OC(c1ccc(OC)cc1)(c1ccc(OC)cc1)C=C4)C1(CC(C)(C)CC(C)(C)C1)c1ccccc1-3. The molecule has 0 radical (unpaired) electrons. The van der Waals surface area contributed by atoms with E-state index in [9.17, 15) is 0 Å². The van der Waals surface area contributed by atoms with Crippen molar-refractivity contribution >= 4 is 34.3 Å². The fourth-order valence-corrected chi connectivity index (χ4v) is 12.8. The second-order valence-electron chi connectivity index (χ2n) is 19.2. The lowest BCUT2D eigenvalue weighted by molar-refractivity contribution is 0.0642. The first-order chi connectivity index (χ1) is 30.0. The number of thioether (sulfide) groups is 1. The Bertz CT molecular complexity index is 2610. The number of fused-ring (bicyclic) bond motifs is 10. The van der Waals surface area contributed by atoms with Gasteiger partial charge in [0.25, 0.3) is 0 Å². The molecule has 0 amide bonds. The summed E-state index contributed by atoms with van der Waals surface area (Å²) in [5.41, 5.74) is 11.3. The van der Waals surface area contributed by atoms with Crippen molar-refractivity contribution in [2.24, 2.45) is 10.8 Å². The molecule has 2 fully saturated rings. The number of nitrogens with zero attached hydrogens (tertiary/aromatic N) is 1. The van der Waals surface area contributed by atoms with E-state index < -0.39 is 5.60 Å².